The van der Waals surface area contributed by atoms with Crippen LogP contribution in [0.3, 0.4) is 0 Å². The molecule has 2 nitrogen and oxygen atoms in total. The fourth-order valence-corrected chi connectivity index (χ4v) is 4.63. The van der Waals surface area contributed by atoms with Crippen molar-refractivity contribution < 1.29 is 0 Å². The Morgan fingerprint density at radius 2 is 1.33 bits per heavy atom. The third-order valence-corrected chi connectivity index (χ3v) is 6.40. The van der Waals surface area contributed by atoms with Gasteiger partial charge in [-0.25, -0.2) is 0 Å². The lowest BCUT2D eigenvalue weighted by atomic mass is 9.96. The Balaban J connectivity index is 0.00000259. The predicted molar refractivity (Wildman–Crippen MR) is 142 cm³/mol. The summed E-state index contributed by atoms with van der Waals surface area (Å²) in [5, 5.41) is 1.30. The smallest absolute Gasteiger partial charge is 0.0488 e. The van der Waals surface area contributed by atoms with E-state index in [1.165, 1.54) is 44.4 Å². The molecule has 0 saturated carbocycles. The van der Waals surface area contributed by atoms with Crippen molar-refractivity contribution in [3.05, 3.63) is 132 Å². The summed E-state index contributed by atoms with van der Waals surface area (Å²) in [7, 11) is 0. The van der Waals surface area contributed by atoms with Crippen molar-refractivity contribution in [1.29, 1.82) is 0 Å². The quantitative estimate of drug-likeness (QED) is 0.287. The summed E-state index contributed by atoms with van der Waals surface area (Å²) in [6.07, 6.45) is 0.812. The summed E-state index contributed by atoms with van der Waals surface area (Å²) in [4.78, 5) is 0. The Kier molecular flexibility index (Phi) is 6.98. The van der Waals surface area contributed by atoms with E-state index >= 15 is 0 Å². The Labute approximate surface area is 202 Å². The summed E-state index contributed by atoms with van der Waals surface area (Å²) in [5.41, 5.74) is 15.5. The van der Waals surface area contributed by atoms with Crippen LogP contribution in [0, 0.1) is 6.92 Å². The van der Waals surface area contributed by atoms with Gasteiger partial charge in [0.15, 0.2) is 0 Å². The Morgan fingerprint density at radius 3 is 2.00 bits per heavy atom. The zero-order valence-electron chi connectivity index (χ0n) is 18.8. The monoisotopic (exact) mass is 452 g/mol. The molecule has 1 heterocycles. The molecule has 1 atom stereocenters. The molecule has 166 valence electrons. The van der Waals surface area contributed by atoms with Gasteiger partial charge in [-0.2, -0.15) is 0 Å². The lowest BCUT2D eigenvalue weighted by molar-refractivity contribution is 0.711. The van der Waals surface area contributed by atoms with Crippen LogP contribution in [0.15, 0.2) is 109 Å². The van der Waals surface area contributed by atoms with Gasteiger partial charge in [-0.15, -0.1) is 12.4 Å². The Morgan fingerprint density at radius 1 is 0.727 bits per heavy atom. The normalized spacial score (nSPS) is 11.8. The van der Waals surface area contributed by atoms with E-state index < -0.39 is 0 Å². The van der Waals surface area contributed by atoms with Crippen molar-refractivity contribution >= 4 is 23.3 Å². The van der Waals surface area contributed by atoms with Gasteiger partial charge < -0.3 is 10.3 Å². The van der Waals surface area contributed by atoms with Crippen LogP contribution in [0.4, 0.5) is 0 Å². The van der Waals surface area contributed by atoms with E-state index in [0.29, 0.717) is 0 Å². The zero-order chi connectivity index (χ0) is 21.9. The lowest BCUT2D eigenvalue weighted by Crippen LogP contribution is -2.14. The summed E-state index contributed by atoms with van der Waals surface area (Å²) in [6.45, 7) is 3.09. The van der Waals surface area contributed by atoms with Crippen molar-refractivity contribution in [3.63, 3.8) is 0 Å². The molecule has 1 aromatic heterocycles. The summed E-state index contributed by atoms with van der Waals surface area (Å²) < 4.78 is 2.44. The van der Waals surface area contributed by atoms with Crippen molar-refractivity contribution in [2.75, 3.05) is 0 Å². The standard InChI is InChI=1S/C30H28N2.ClH/c1-22-27(20-29(31)25-15-9-4-10-16-25)28-19-26(24-13-7-3-8-14-24)17-18-30(28)32(22)21-23-11-5-2-6-12-23;/h2-19,29H,20-21,31H2,1H3;1H. The molecule has 0 aliphatic carbocycles. The number of benzene rings is 4. The topological polar surface area (TPSA) is 30.9 Å². The van der Waals surface area contributed by atoms with Crippen LogP contribution >= 0.6 is 12.4 Å². The highest BCUT2D eigenvalue weighted by Crippen LogP contribution is 2.33. The third-order valence-electron chi connectivity index (χ3n) is 6.40. The minimum Gasteiger partial charge on any atom is -0.340 e. The molecule has 1 unspecified atom stereocenters. The minimum atomic E-state index is -0.0361. The summed E-state index contributed by atoms with van der Waals surface area (Å²) >= 11 is 0. The van der Waals surface area contributed by atoms with Crippen LogP contribution in [0.2, 0.25) is 0 Å². The highest BCUT2D eigenvalue weighted by molar-refractivity contribution is 5.90. The van der Waals surface area contributed by atoms with E-state index in [0.717, 1.165) is 13.0 Å². The van der Waals surface area contributed by atoms with Gasteiger partial charge in [0, 0.05) is 29.2 Å². The molecule has 0 radical (unpaired) electrons. The molecular formula is C30H29ClN2. The van der Waals surface area contributed by atoms with Gasteiger partial charge in [-0.3, -0.25) is 0 Å². The molecule has 0 aliphatic rings. The van der Waals surface area contributed by atoms with Gasteiger partial charge in [0.25, 0.3) is 0 Å². The highest BCUT2D eigenvalue weighted by Gasteiger charge is 2.18. The predicted octanol–water partition coefficient (Wildman–Crippen LogP) is 7.33. The second-order valence-electron chi connectivity index (χ2n) is 8.45. The number of halogens is 1. The third kappa shape index (κ3) is 4.73. The fourth-order valence-electron chi connectivity index (χ4n) is 4.63. The molecule has 0 amide bonds. The van der Waals surface area contributed by atoms with Gasteiger partial charge >= 0.3 is 0 Å². The van der Waals surface area contributed by atoms with Crippen molar-refractivity contribution in [2.24, 2.45) is 5.73 Å². The van der Waals surface area contributed by atoms with Crippen LogP contribution in [0.25, 0.3) is 22.0 Å². The lowest BCUT2D eigenvalue weighted by Gasteiger charge is -2.13. The van der Waals surface area contributed by atoms with Crippen LogP contribution in [-0.4, -0.2) is 4.57 Å². The summed E-state index contributed by atoms with van der Waals surface area (Å²) in [5.74, 6) is 0. The number of rotatable bonds is 6. The van der Waals surface area contributed by atoms with Gasteiger partial charge in [0.2, 0.25) is 0 Å². The minimum absolute atomic E-state index is 0. The second-order valence-corrected chi connectivity index (χ2v) is 8.45. The molecule has 2 N–H and O–H groups in total. The van der Waals surface area contributed by atoms with Gasteiger partial charge in [-0.1, -0.05) is 97.1 Å². The van der Waals surface area contributed by atoms with Crippen molar-refractivity contribution in [1.82, 2.24) is 4.57 Å². The molecule has 5 aromatic rings. The van der Waals surface area contributed by atoms with E-state index in [1.807, 2.05) is 6.07 Å². The number of nitrogens with zero attached hydrogens (tertiary/aromatic N) is 1. The number of nitrogens with two attached hydrogens (primary N) is 1. The maximum Gasteiger partial charge on any atom is 0.0488 e. The maximum atomic E-state index is 6.69. The average molecular weight is 453 g/mol. The first-order chi connectivity index (χ1) is 15.7. The van der Waals surface area contributed by atoms with Crippen LogP contribution < -0.4 is 5.73 Å². The second kappa shape index (κ2) is 10.1. The molecule has 0 bridgehead atoms. The molecule has 0 saturated heterocycles. The van der Waals surface area contributed by atoms with Crippen LogP contribution in [-0.2, 0) is 13.0 Å². The highest BCUT2D eigenvalue weighted by atomic mass is 35.5. The number of hydrogen-bond donors (Lipinski definition) is 1. The van der Waals surface area contributed by atoms with Gasteiger partial charge in [0.05, 0.1) is 0 Å². The fraction of sp³-hybridized carbons (Fsp3) is 0.133. The SMILES string of the molecule is Cc1c(CC(N)c2ccccc2)c2cc(-c3ccccc3)ccc2n1Cc1ccccc1.Cl. The average Bonchev–Trinajstić information content (AvgIpc) is 3.11. The van der Waals surface area contributed by atoms with E-state index in [-0.39, 0.29) is 18.4 Å². The first kappa shape index (κ1) is 22.8. The number of fused-ring (bicyclic) bond motifs is 1. The molecule has 5 rings (SSSR count). The van der Waals surface area contributed by atoms with Gasteiger partial charge in [0.1, 0.15) is 0 Å². The molecular weight excluding hydrogens is 424 g/mol. The molecule has 4 aromatic carbocycles. The Hall–Kier alpha value is -3.33. The number of hydrogen-bond acceptors (Lipinski definition) is 1. The van der Waals surface area contributed by atoms with E-state index in [2.05, 4.69) is 115 Å². The molecule has 0 fully saturated rings. The van der Waals surface area contributed by atoms with E-state index in [1.54, 1.807) is 0 Å². The Bertz CT molecular complexity index is 1330. The van der Waals surface area contributed by atoms with Crippen LogP contribution in [0.5, 0.6) is 0 Å². The zero-order valence-corrected chi connectivity index (χ0v) is 19.6. The maximum absolute atomic E-state index is 6.69. The largest absolute Gasteiger partial charge is 0.340 e. The first-order valence-electron chi connectivity index (χ1n) is 11.2. The van der Waals surface area contributed by atoms with Gasteiger partial charge in [-0.05, 0) is 53.3 Å². The number of aromatic nitrogens is 1. The van der Waals surface area contributed by atoms with Crippen LogP contribution in [0.1, 0.15) is 28.4 Å². The van der Waals surface area contributed by atoms with E-state index in [9.17, 15) is 0 Å². The van der Waals surface area contributed by atoms with Crippen molar-refractivity contribution in [3.8, 4) is 11.1 Å². The molecule has 0 aliphatic heterocycles. The first-order valence-corrected chi connectivity index (χ1v) is 11.2. The summed E-state index contributed by atoms with van der Waals surface area (Å²) in [6, 6.07) is 38.5. The molecule has 33 heavy (non-hydrogen) atoms. The van der Waals surface area contributed by atoms with Crippen molar-refractivity contribution in [2.45, 2.75) is 25.9 Å². The molecule has 0 spiro atoms. The molecule has 3 heteroatoms. The van der Waals surface area contributed by atoms with E-state index in [4.69, 9.17) is 5.73 Å².